The molecule has 7 nitrogen and oxygen atoms in total. The Kier molecular flexibility index (Phi) is 5.74. The number of furan rings is 1. The first-order valence-electron chi connectivity index (χ1n) is 8.80. The standard InChI is InChI=1S/C21H20N2O5/c1-2-13-3-8-17-15(11-27-18(17)9-13)10-20(25)28-12-19(24)23-16-6-4-14(5-7-16)21(22)26/h3-9,11H,2,10,12H2,1H3,(H2,22,26)(H,23,24). The quantitative estimate of drug-likeness (QED) is 0.612. The van der Waals surface area contributed by atoms with Crippen LogP contribution in [0.4, 0.5) is 5.69 Å². The number of carbonyl (C=O) groups excluding carboxylic acids is 3. The van der Waals surface area contributed by atoms with E-state index < -0.39 is 24.4 Å². The zero-order chi connectivity index (χ0) is 20.1. The van der Waals surface area contributed by atoms with Crippen molar-refractivity contribution in [1.82, 2.24) is 0 Å². The first-order chi connectivity index (χ1) is 13.5. The predicted octanol–water partition coefficient (Wildman–Crippen LogP) is 2.82. The average Bonchev–Trinajstić information content (AvgIpc) is 3.08. The topological polar surface area (TPSA) is 112 Å². The molecule has 0 unspecified atom stereocenters. The minimum Gasteiger partial charge on any atom is -0.464 e. The maximum atomic E-state index is 12.1. The third-order valence-electron chi connectivity index (χ3n) is 4.28. The average molecular weight is 380 g/mol. The van der Waals surface area contributed by atoms with E-state index in [1.54, 1.807) is 12.1 Å². The fourth-order valence-corrected chi connectivity index (χ4v) is 2.75. The number of ether oxygens (including phenoxy) is 1. The second kappa shape index (κ2) is 8.39. The van der Waals surface area contributed by atoms with Crippen LogP contribution in [-0.4, -0.2) is 24.4 Å². The molecule has 2 aromatic carbocycles. The lowest BCUT2D eigenvalue weighted by Gasteiger charge is -2.07. The molecule has 2 amide bonds. The SMILES string of the molecule is CCc1ccc2c(CC(=O)OCC(=O)Nc3ccc(C(N)=O)cc3)coc2c1. The van der Waals surface area contributed by atoms with Crippen LogP contribution in [0.1, 0.15) is 28.4 Å². The Morgan fingerprint density at radius 2 is 1.86 bits per heavy atom. The third kappa shape index (κ3) is 4.56. The van der Waals surface area contributed by atoms with Crippen LogP contribution in [0.2, 0.25) is 0 Å². The largest absolute Gasteiger partial charge is 0.464 e. The summed E-state index contributed by atoms with van der Waals surface area (Å²) in [5.41, 5.74) is 8.55. The van der Waals surface area contributed by atoms with Gasteiger partial charge in [0.1, 0.15) is 5.58 Å². The highest BCUT2D eigenvalue weighted by Gasteiger charge is 2.13. The van der Waals surface area contributed by atoms with Crippen LogP contribution in [0, 0.1) is 0 Å². The van der Waals surface area contributed by atoms with Crippen molar-refractivity contribution in [3.63, 3.8) is 0 Å². The molecule has 3 N–H and O–H groups in total. The number of rotatable bonds is 7. The number of carbonyl (C=O) groups is 3. The van der Waals surface area contributed by atoms with Crippen LogP contribution in [-0.2, 0) is 27.2 Å². The van der Waals surface area contributed by atoms with Crippen molar-refractivity contribution in [2.45, 2.75) is 19.8 Å². The van der Waals surface area contributed by atoms with E-state index >= 15 is 0 Å². The van der Waals surface area contributed by atoms with Crippen molar-refractivity contribution in [1.29, 1.82) is 0 Å². The Hall–Kier alpha value is -3.61. The van der Waals surface area contributed by atoms with Crippen LogP contribution in [0.3, 0.4) is 0 Å². The van der Waals surface area contributed by atoms with Crippen molar-refractivity contribution < 1.29 is 23.5 Å². The lowest BCUT2D eigenvalue weighted by atomic mass is 10.1. The highest BCUT2D eigenvalue weighted by Crippen LogP contribution is 2.23. The van der Waals surface area contributed by atoms with Gasteiger partial charge in [-0.1, -0.05) is 19.1 Å². The van der Waals surface area contributed by atoms with Gasteiger partial charge in [0.05, 0.1) is 12.7 Å². The minimum atomic E-state index is -0.551. The van der Waals surface area contributed by atoms with Crippen molar-refractivity contribution >= 4 is 34.4 Å². The van der Waals surface area contributed by atoms with Crippen LogP contribution in [0.15, 0.2) is 53.1 Å². The van der Waals surface area contributed by atoms with Gasteiger partial charge >= 0.3 is 5.97 Å². The molecule has 1 aromatic heterocycles. The van der Waals surface area contributed by atoms with Crippen molar-refractivity contribution in [2.24, 2.45) is 5.73 Å². The summed E-state index contributed by atoms with van der Waals surface area (Å²) in [6.45, 7) is 1.64. The van der Waals surface area contributed by atoms with Gasteiger partial charge in [0.25, 0.3) is 5.91 Å². The summed E-state index contributed by atoms with van der Waals surface area (Å²) in [7, 11) is 0. The summed E-state index contributed by atoms with van der Waals surface area (Å²) in [5, 5.41) is 3.43. The molecule has 0 aliphatic rings. The first kappa shape index (κ1) is 19.2. The van der Waals surface area contributed by atoms with Gasteiger partial charge in [-0.2, -0.15) is 0 Å². The number of nitrogens with two attached hydrogens (primary N) is 1. The number of hydrogen-bond acceptors (Lipinski definition) is 5. The second-order valence-corrected chi connectivity index (χ2v) is 6.27. The summed E-state index contributed by atoms with van der Waals surface area (Å²) >= 11 is 0. The predicted molar refractivity (Wildman–Crippen MR) is 104 cm³/mol. The minimum absolute atomic E-state index is 0.0130. The first-order valence-corrected chi connectivity index (χ1v) is 8.80. The smallest absolute Gasteiger partial charge is 0.310 e. The number of hydrogen-bond donors (Lipinski definition) is 2. The van der Waals surface area contributed by atoms with Gasteiger partial charge in [-0.05, 0) is 42.3 Å². The number of amides is 2. The van der Waals surface area contributed by atoms with Gasteiger partial charge in [-0.25, -0.2) is 0 Å². The summed E-state index contributed by atoms with van der Waals surface area (Å²) < 4.78 is 10.5. The molecule has 0 atom stereocenters. The molecule has 7 heteroatoms. The van der Waals surface area contributed by atoms with E-state index in [9.17, 15) is 14.4 Å². The Balaban J connectivity index is 1.52. The number of primary amides is 1. The number of anilines is 1. The number of aryl methyl sites for hydroxylation is 1. The van der Waals surface area contributed by atoms with E-state index in [1.807, 2.05) is 18.2 Å². The molecular weight excluding hydrogens is 360 g/mol. The number of nitrogens with one attached hydrogen (secondary N) is 1. The maximum absolute atomic E-state index is 12.1. The molecule has 0 aliphatic heterocycles. The maximum Gasteiger partial charge on any atom is 0.310 e. The molecular formula is C21H20N2O5. The van der Waals surface area contributed by atoms with E-state index in [4.69, 9.17) is 14.9 Å². The summed E-state index contributed by atoms with van der Waals surface area (Å²) in [5.74, 6) is -1.56. The molecule has 0 aliphatic carbocycles. The summed E-state index contributed by atoms with van der Waals surface area (Å²) in [6, 6.07) is 11.9. The fraction of sp³-hybridized carbons (Fsp3) is 0.190. The van der Waals surface area contributed by atoms with E-state index in [0.29, 0.717) is 16.8 Å². The van der Waals surface area contributed by atoms with Crippen LogP contribution < -0.4 is 11.1 Å². The summed E-state index contributed by atoms with van der Waals surface area (Å²) in [6.07, 6.45) is 2.44. The fourth-order valence-electron chi connectivity index (χ4n) is 2.75. The molecule has 1 heterocycles. The molecule has 0 radical (unpaired) electrons. The lowest BCUT2D eigenvalue weighted by Crippen LogP contribution is -2.21. The third-order valence-corrected chi connectivity index (χ3v) is 4.28. The summed E-state index contributed by atoms with van der Waals surface area (Å²) in [4.78, 5) is 35.0. The van der Waals surface area contributed by atoms with Gasteiger partial charge in [0.2, 0.25) is 5.91 Å². The second-order valence-electron chi connectivity index (χ2n) is 6.27. The molecule has 0 bridgehead atoms. The molecule has 0 saturated carbocycles. The highest BCUT2D eigenvalue weighted by atomic mass is 16.5. The van der Waals surface area contributed by atoms with Crippen molar-refractivity contribution in [3.8, 4) is 0 Å². The van der Waals surface area contributed by atoms with Gasteiger partial charge < -0.3 is 20.2 Å². The Bertz CT molecular complexity index is 1020. The van der Waals surface area contributed by atoms with Crippen LogP contribution in [0.5, 0.6) is 0 Å². The number of esters is 1. The zero-order valence-corrected chi connectivity index (χ0v) is 15.4. The molecule has 3 aromatic rings. The molecule has 28 heavy (non-hydrogen) atoms. The highest BCUT2D eigenvalue weighted by molar-refractivity contribution is 5.95. The zero-order valence-electron chi connectivity index (χ0n) is 15.4. The van der Waals surface area contributed by atoms with Crippen LogP contribution >= 0.6 is 0 Å². The molecule has 3 rings (SSSR count). The lowest BCUT2D eigenvalue weighted by molar-refractivity contribution is -0.146. The van der Waals surface area contributed by atoms with E-state index in [-0.39, 0.29) is 6.42 Å². The molecule has 0 saturated heterocycles. The van der Waals surface area contributed by atoms with E-state index in [1.165, 1.54) is 18.4 Å². The monoisotopic (exact) mass is 380 g/mol. The normalized spacial score (nSPS) is 10.6. The van der Waals surface area contributed by atoms with Crippen molar-refractivity contribution in [3.05, 3.63) is 65.4 Å². The Morgan fingerprint density at radius 1 is 1.11 bits per heavy atom. The Morgan fingerprint density at radius 3 is 2.54 bits per heavy atom. The Labute approximate surface area is 161 Å². The molecule has 0 fully saturated rings. The van der Waals surface area contributed by atoms with E-state index in [0.717, 1.165) is 23.0 Å². The van der Waals surface area contributed by atoms with Crippen LogP contribution in [0.25, 0.3) is 11.0 Å². The van der Waals surface area contributed by atoms with Crippen molar-refractivity contribution in [2.75, 3.05) is 11.9 Å². The molecule has 0 spiro atoms. The number of benzene rings is 2. The van der Waals surface area contributed by atoms with Gasteiger partial charge in [-0.15, -0.1) is 0 Å². The van der Waals surface area contributed by atoms with Gasteiger partial charge in [0, 0.05) is 22.2 Å². The van der Waals surface area contributed by atoms with E-state index in [2.05, 4.69) is 12.2 Å². The number of fused-ring (bicyclic) bond motifs is 1. The molecule has 144 valence electrons. The van der Waals surface area contributed by atoms with Gasteiger partial charge in [0.15, 0.2) is 6.61 Å². The van der Waals surface area contributed by atoms with Gasteiger partial charge in [-0.3, -0.25) is 14.4 Å².